The van der Waals surface area contributed by atoms with Gasteiger partial charge in [0.2, 0.25) is 0 Å². The maximum atomic E-state index is 12.3. The van der Waals surface area contributed by atoms with Crippen LogP contribution in [0.3, 0.4) is 0 Å². The largest absolute Gasteiger partial charge is 0.388 e. The maximum absolute atomic E-state index is 12.3. The van der Waals surface area contributed by atoms with Crippen molar-refractivity contribution in [3.63, 3.8) is 0 Å². The normalized spacial score (nSPS) is 16.8. The summed E-state index contributed by atoms with van der Waals surface area (Å²) < 4.78 is 0. The van der Waals surface area contributed by atoms with Crippen molar-refractivity contribution in [2.24, 2.45) is 5.92 Å². The third-order valence-corrected chi connectivity index (χ3v) is 5.41. The van der Waals surface area contributed by atoms with Gasteiger partial charge < -0.3 is 15.3 Å². The summed E-state index contributed by atoms with van der Waals surface area (Å²) in [5, 5.41) is 14.5. The molecule has 5 nitrogen and oxygen atoms in total. The van der Waals surface area contributed by atoms with Crippen molar-refractivity contribution < 1.29 is 9.90 Å². The van der Waals surface area contributed by atoms with E-state index in [-0.39, 0.29) is 11.9 Å². The van der Waals surface area contributed by atoms with Crippen LogP contribution in [0.15, 0.2) is 36.5 Å². The molecule has 1 aromatic carbocycles. The number of urea groups is 1. The van der Waals surface area contributed by atoms with Gasteiger partial charge in [-0.05, 0) is 31.2 Å². The van der Waals surface area contributed by atoms with Gasteiger partial charge >= 0.3 is 6.03 Å². The lowest BCUT2D eigenvalue weighted by Gasteiger charge is -2.34. The SMILES string of the molecule is Cc1ncc(CNC(=O)N2CCC(C(O)c3ccccc3)CC2)s1. The second-order valence-corrected chi connectivity index (χ2v) is 7.50. The van der Waals surface area contributed by atoms with E-state index >= 15 is 0 Å². The summed E-state index contributed by atoms with van der Waals surface area (Å²) in [5.41, 5.74) is 0.959. The molecule has 1 saturated heterocycles. The lowest BCUT2D eigenvalue weighted by molar-refractivity contribution is 0.0665. The van der Waals surface area contributed by atoms with E-state index in [2.05, 4.69) is 10.3 Å². The predicted octanol–water partition coefficient (Wildman–Crippen LogP) is 3.11. The number of nitrogens with zero attached hydrogens (tertiary/aromatic N) is 2. The first-order valence-corrected chi connectivity index (χ1v) is 9.12. The van der Waals surface area contributed by atoms with E-state index < -0.39 is 6.10 Å². The molecule has 2 N–H and O–H groups in total. The fourth-order valence-corrected chi connectivity index (χ4v) is 3.84. The molecule has 6 heteroatoms. The Morgan fingerprint density at radius 1 is 1.38 bits per heavy atom. The number of aliphatic hydroxyl groups excluding tert-OH is 1. The summed E-state index contributed by atoms with van der Waals surface area (Å²) in [5.74, 6) is 0.209. The average Bonchev–Trinajstić information content (AvgIpc) is 3.05. The van der Waals surface area contributed by atoms with E-state index in [1.165, 1.54) is 0 Å². The molecule has 1 fully saturated rings. The van der Waals surface area contributed by atoms with Gasteiger partial charge in [-0.15, -0.1) is 11.3 Å². The Hall–Kier alpha value is -1.92. The van der Waals surface area contributed by atoms with Crippen molar-refractivity contribution in [1.29, 1.82) is 0 Å². The van der Waals surface area contributed by atoms with Crippen LogP contribution in [0.1, 0.15) is 34.4 Å². The van der Waals surface area contributed by atoms with E-state index in [0.717, 1.165) is 28.3 Å². The molecule has 2 aromatic rings. The highest BCUT2D eigenvalue weighted by atomic mass is 32.1. The van der Waals surface area contributed by atoms with E-state index in [1.807, 2.05) is 48.4 Å². The summed E-state index contributed by atoms with van der Waals surface area (Å²) in [6.45, 7) is 3.85. The highest BCUT2D eigenvalue weighted by molar-refractivity contribution is 7.11. The topological polar surface area (TPSA) is 65.5 Å². The van der Waals surface area contributed by atoms with Crippen molar-refractivity contribution >= 4 is 17.4 Å². The van der Waals surface area contributed by atoms with Gasteiger partial charge in [-0.3, -0.25) is 0 Å². The van der Waals surface area contributed by atoms with Gasteiger partial charge in [-0.25, -0.2) is 9.78 Å². The number of amides is 2. The number of carbonyl (C=O) groups is 1. The first-order valence-electron chi connectivity index (χ1n) is 8.30. The van der Waals surface area contributed by atoms with Crippen molar-refractivity contribution in [3.8, 4) is 0 Å². The highest BCUT2D eigenvalue weighted by Gasteiger charge is 2.28. The van der Waals surface area contributed by atoms with Crippen LogP contribution in [0.25, 0.3) is 0 Å². The Bertz CT molecular complexity index is 666. The van der Waals surface area contributed by atoms with Gasteiger partial charge in [0.1, 0.15) is 0 Å². The van der Waals surface area contributed by atoms with Crippen molar-refractivity contribution in [2.75, 3.05) is 13.1 Å². The second-order valence-electron chi connectivity index (χ2n) is 6.18. The number of likely N-dealkylation sites (tertiary alicyclic amines) is 1. The van der Waals surface area contributed by atoms with E-state index in [1.54, 1.807) is 11.3 Å². The molecule has 0 aliphatic carbocycles. The zero-order valence-electron chi connectivity index (χ0n) is 13.8. The number of hydrogen-bond donors (Lipinski definition) is 2. The molecule has 0 saturated carbocycles. The standard InChI is InChI=1S/C18H23N3O2S/c1-13-19-11-16(24-13)12-20-18(23)21-9-7-15(8-10-21)17(22)14-5-3-2-4-6-14/h2-6,11,15,17,22H,7-10,12H2,1H3,(H,20,23). The third kappa shape index (κ3) is 4.13. The van der Waals surface area contributed by atoms with Crippen molar-refractivity contribution in [2.45, 2.75) is 32.4 Å². The zero-order valence-corrected chi connectivity index (χ0v) is 14.6. The second kappa shape index (κ2) is 7.77. The number of benzene rings is 1. The van der Waals surface area contributed by atoms with Crippen molar-refractivity contribution in [1.82, 2.24) is 15.2 Å². The number of thiazole rings is 1. The number of aliphatic hydroxyl groups is 1. The maximum Gasteiger partial charge on any atom is 0.317 e. The predicted molar refractivity (Wildman–Crippen MR) is 94.8 cm³/mol. The van der Waals surface area contributed by atoms with E-state index in [0.29, 0.717) is 19.6 Å². The first kappa shape index (κ1) is 16.9. The number of carbonyl (C=O) groups excluding carboxylic acids is 1. The molecule has 0 radical (unpaired) electrons. The molecule has 1 aromatic heterocycles. The number of aromatic nitrogens is 1. The van der Waals surface area contributed by atoms with Gasteiger partial charge in [0, 0.05) is 24.2 Å². The molecule has 1 unspecified atom stereocenters. The lowest BCUT2D eigenvalue weighted by atomic mass is 9.87. The average molecular weight is 345 g/mol. The Labute approximate surface area is 146 Å². The van der Waals surface area contributed by atoms with Gasteiger partial charge in [0.15, 0.2) is 0 Å². The Kier molecular flexibility index (Phi) is 5.48. The number of rotatable bonds is 4. The minimum Gasteiger partial charge on any atom is -0.388 e. The summed E-state index contributed by atoms with van der Waals surface area (Å²) in [7, 11) is 0. The van der Waals surface area contributed by atoms with Crippen LogP contribution in [-0.2, 0) is 6.54 Å². The first-order chi connectivity index (χ1) is 11.6. The van der Waals surface area contributed by atoms with Gasteiger partial charge in [0.25, 0.3) is 0 Å². The number of hydrogen-bond acceptors (Lipinski definition) is 4. The fourth-order valence-electron chi connectivity index (χ4n) is 3.10. The van der Waals surface area contributed by atoms with Crippen molar-refractivity contribution in [3.05, 3.63) is 52.0 Å². The summed E-state index contributed by atoms with van der Waals surface area (Å²) in [6.07, 6.45) is 3.01. The Morgan fingerprint density at radius 2 is 2.08 bits per heavy atom. The summed E-state index contributed by atoms with van der Waals surface area (Å²) >= 11 is 1.60. The molecule has 0 spiro atoms. The van der Waals surface area contributed by atoms with Gasteiger partial charge in [-0.2, -0.15) is 0 Å². The molecule has 2 amide bonds. The smallest absolute Gasteiger partial charge is 0.317 e. The van der Waals surface area contributed by atoms with Crippen LogP contribution in [-0.4, -0.2) is 34.1 Å². The van der Waals surface area contributed by atoms with Crippen LogP contribution in [0.2, 0.25) is 0 Å². The Morgan fingerprint density at radius 3 is 2.71 bits per heavy atom. The van der Waals surface area contributed by atoms with E-state index in [4.69, 9.17) is 0 Å². The Balaban J connectivity index is 1.47. The summed E-state index contributed by atoms with van der Waals surface area (Å²) in [6, 6.07) is 9.73. The number of nitrogens with one attached hydrogen (secondary N) is 1. The van der Waals surface area contributed by atoms with Crippen LogP contribution in [0.5, 0.6) is 0 Å². The number of aryl methyl sites for hydroxylation is 1. The minimum atomic E-state index is -0.448. The van der Waals surface area contributed by atoms with Crippen LogP contribution < -0.4 is 5.32 Å². The van der Waals surface area contributed by atoms with Crippen LogP contribution >= 0.6 is 11.3 Å². The highest BCUT2D eigenvalue weighted by Crippen LogP contribution is 2.30. The molecule has 24 heavy (non-hydrogen) atoms. The molecular formula is C18H23N3O2S. The molecule has 1 aliphatic rings. The van der Waals surface area contributed by atoms with Gasteiger partial charge in [-0.1, -0.05) is 30.3 Å². The molecule has 3 rings (SSSR count). The van der Waals surface area contributed by atoms with Gasteiger partial charge in [0.05, 0.1) is 17.7 Å². The fraction of sp³-hybridized carbons (Fsp3) is 0.444. The minimum absolute atomic E-state index is 0.0336. The molecule has 1 atom stereocenters. The lowest BCUT2D eigenvalue weighted by Crippen LogP contribution is -2.44. The third-order valence-electron chi connectivity index (χ3n) is 4.50. The number of piperidine rings is 1. The van der Waals surface area contributed by atoms with Crippen LogP contribution in [0, 0.1) is 12.8 Å². The molecule has 0 bridgehead atoms. The summed E-state index contributed by atoms with van der Waals surface area (Å²) in [4.78, 5) is 19.4. The van der Waals surface area contributed by atoms with Crippen LogP contribution in [0.4, 0.5) is 4.79 Å². The quantitative estimate of drug-likeness (QED) is 0.895. The molecule has 2 heterocycles. The molecular weight excluding hydrogens is 322 g/mol. The molecule has 128 valence electrons. The zero-order chi connectivity index (χ0) is 16.9. The van der Waals surface area contributed by atoms with E-state index in [9.17, 15) is 9.90 Å². The molecule has 1 aliphatic heterocycles. The monoisotopic (exact) mass is 345 g/mol.